The van der Waals surface area contributed by atoms with Gasteiger partial charge in [0.25, 0.3) is 0 Å². The molecule has 2 atom stereocenters. The van der Waals surface area contributed by atoms with E-state index < -0.39 is 10.0 Å². The molecule has 1 heterocycles. The summed E-state index contributed by atoms with van der Waals surface area (Å²) in [6.45, 7) is 0. The van der Waals surface area contributed by atoms with Crippen LogP contribution in [0.5, 0.6) is 5.75 Å². The largest absolute Gasteiger partial charge is 0.497 e. The molecule has 2 aliphatic rings. The topological polar surface area (TPSA) is 12.5 Å². The van der Waals surface area contributed by atoms with Crippen LogP contribution < -0.4 is 9.64 Å². The first-order valence-corrected chi connectivity index (χ1v) is 11.2. The quantitative estimate of drug-likeness (QED) is 0.820. The van der Waals surface area contributed by atoms with E-state index in [1.165, 1.54) is 22.4 Å². The first-order chi connectivity index (χ1) is 11.0. The number of anilines is 1. The molecule has 23 heavy (non-hydrogen) atoms. The first kappa shape index (κ1) is 14.9. The molecule has 2 nitrogen and oxygen atoms in total. The van der Waals surface area contributed by atoms with Gasteiger partial charge in [-0.15, -0.1) is 0 Å². The molecule has 0 radical (unpaired) electrons. The molecule has 1 aliphatic heterocycles. The van der Waals surface area contributed by atoms with Crippen LogP contribution in [0.4, 0.5) is 5.69 Å². The zero-order chi connectivity index (χ0) is 16.2. The first-order valence-electron chi connectivity index (χ1n) is 8.16. The summed E-state index contributed by atoms with van der Waals surface area (Å²) in [5.41, 5.74) is 5.92. The van der Waals surface area contributed by atoms with E-state index in [1.807, 2.05) is 0 Å². The Hall–Kier alpha value is -1.61. The second-order valence-corrected chi connectivity index (χ2v) is 12.0. The van der Waals surface area contributed by atoms with Crippen LogP contribution in [0.15, 0.2) is 42.5 Å². The predicted molar refractivity (Wildman–Crippen MR) is 101 cm³/mol. The summed E-state index contributed by atoms with van der Waals surface area (Å²) in [5, 5.41) is 0. The van der Waals surface area contributed by atoms with Crippen molar-refractivity contribution in [1.82, 2.24) is 0 Å². The van der Waals surface area contributed by atoms with E-state index >= 15 is 0 Å². The molecule has 0 aromatic heterocycles. The molecular weight excluding hydrogens is 302 g/mol. The summed E-state index contributed by atoms with van der Waals surface area (Å²) in [7, 11) is 1.15. The van der Waals surface area contributed by atoms with Gasteiger partial charge in [-0.05, 0) is 60.1 Å². The smallest absolute Gasteiger partial charge is 0.119 e. The van der Waals surface area contributed by atoms with Gasteiger partial charge in [-0.1, -0.05) is 24.3 Å². The zero-order valence-electron chi connectivity index (χ0n) is 14.4. The van der Waals surface area contributed by atoms with Crippen molar-refractivity contribution in [3.8, 4) is 5.75 Å². The molecule has 0 N–H and O–H groups in total. The van der Waals surface area contributed by atoms with Crippen LogP contribution >= 0.6 is 10.0 Å². The summed E-state index contributed by atoms with van der Waals surface area (Å²) in [5.74, 6) is 2.70. The summed E-state index contributed by atoms with van der Waals surface area (Å²) < 4.78 is 5.49. The molecule has 2 aromatic carbocycles. The highest BCUT2D eigenvalue weighted by molar-refractivity contribution is 8.32. The van der Waals surface area contributed by atoms with Crippen LogP contribution in [0, 0.1) is 0 Å². The van der Waals surface area contributed by atoms with Gasteiger partial charge in [0.1, 0.15) is 5.75 Å². The molecule has 0 fully saturated rings. The minimum Gasteiger partial charge on any atom is -0.497 e. The van der Waals surface area contributed by atoms with Gasteiger partial charge < -0.3 is 9.64 Å². The Kier molecular flexibility index (Phi) is 3.38. The molecule has 122 valence electrons. The Morgan fingerprint density at radius 2 is 1.87 bits per heavy atom. The average Bonchev–Trinajstić information content (AvgIpc) is 3.02. The molecule has 0 saturated carbocycles. The molecule has 0 amide bonds. The van der Waals surface area contributed by atoms with E-state index in [-0.39, 0.29) is 0 Å². The van der Waals surface area contributed by atoms with Crippen molar-refractivity contribution in [3.05, 3.63) is 59.2 Å². The maximum atomic E-state index is 5.49. The molecule has 3 heteroatoms. The summed E-state index contributed by atoms with van der Waals surface area (Å²) in [6, 6.07) is 16.1. The third-order valence-electron chi connectivity index (χ3n) is 5.00. The van der Waals surface area contributed by atoms with Crippen LogP contribution in [0.3, 0.4) is 0 Å². The molecule has 2 unspecified atom stereocenters. The summed E-state index contributed by atoms with van der Waals surface area (Å²) in [6.07, 6.45) is 8.37. The lowest BCUT2D eigenvalue weighted by atomic mass is 9.96. The van der Waals surface area contributed by atoms with E-state index in [0.717, 1.165) is 18.0 Å². The number of methoxy groups -OCH3 is 1. The van der Waals surface area contributed by atoms with Crippen molar-refractivity contribution in [1.29, 1.82) is 0 Å². The highest BCUT2D eigenvalue weighted by Crippen LogP contribution is 2.57. The van der Waals surface area contributed by atoms with Gasteiger partial charge in [0, 0.05) is 17.5 Å². The molecule has 1 aliphatic carbocycles. The van der Waals surface area contributed by atoms with Crippen molar-refractivity contribution in [2.24, 2.45) is 0 Å². The molecule has 0 saturated heterocycles. The van der Waals surface area contributed by atoms with Crippen LogP contribution in [0.25, 0.3) is 0 Å². The van der Waals surface area contributed by atoms with Crippen molar-refractivity contribution in [3.63, 3.8) is 0 Å². The maximum absolute atomic E-state index is 5.49. The maximum Gasteiger partial charge on any atom is 0.119 e. The van der Waals surface area contributed by atoms with Crippen molar-refractivity contribution >= 4 is 15.7 Å². The van der Waals surface area contributed by atoms with Gasteiger partial charge in [-0.2, -0.15) is 0 Å². The van der Waals surface area contributed by atoms with Crippen LogP contribution in [0.1, 0.15) is 28.7 Å². The fourth-order valence-electron chi connectivity index (χ4n) is 4.17. The number of fused-ring (bicyclic) bond motifs is 5. The van der Waals surface area contributed by atoms with Gasteiger partial charge in [0.15, 0.2) is 0 Å². The SMILES string of the molecule is COc1ccc2c(c1)C1Cc3ccccc3C1N2CS(C)(C)C. The standard InChI is InChI=1S/C20H25NOS/c1-22-15-9-10-19-17(12-15)18-11-14-7-5-6-8-16(14)20(18)21(19)13-23(2,3)4/h5-10,12,18,20H,11,13H2,1-4H3. The fourth-order valence-corrected chi connectivity index (χ4v) is 5.31. The van der Waals surface area contributed by atoms with Crippen molar-refractivity contribution in [2.45, 2.75) is 18.4 Å². The average molecular weight is 327 g/mol. The van der Waals surface area contributed by atoms with Gasteiger partial charge >= 0.3 is 0 Å². The fraction of sp³-hybridized carbons (Fsp3) is 0.400. The van der Waals surface area contributed by atoms with E-state index in [2.05, 4.69) is 66.1 Å². The number of hydrogen-bond acceptors (Lipinski definition) is 2. The van der Waals surface area contributed by atoms with Crippen LogP contribution in [-0.2, 0) is 6.42 Å². The Labute approximate surface area is 140 Å². The third kappa shape index (κ3) is 2.42. The van der Waals surface area contributed by atoms with Gasteiger partial charge in [0.05, 0.1) is 13.2 Å². The summed E-state index contributed by atoms with van der Waals surface area (Å²) >= 11 is 0. The van der Waals surface area contributed by atoms with Crippen LogP contribution in [0.2, 0.25) is 0 Å². The third-order valence-corrected chi connectivity index (χ3v) is 6.05. The molecule has 0 bridgehead atoms. The van der Waals surface area contributed by atoms with E-state index in [1.54, 1.807) is 7.11 Å². The molecule has 0 spiro atoms. The number of nitrogens with zero attached hydrogens (tertiary/aromatic N) is 1. The Morgan fingerprint density at radius 1 is 1.09 bits per heavy atom. The highest BCUT2D eigenvalue weighted by atomic mass is 32.3. The minimum atomic E-state index is -0.612. The van der Waals surface area contributed by atoms with Gasteiger partial charge in [0.2, 0.25) is 0 Å². The van der Waals surface area contributed by atoms with Gasteiger partial charge in [-0.25, -0.2) is 10.0 Å². The Morgan fingerprint density at radius 3 is 2.61 bits per heavy atom. The second kappa shape index (κ2) is 5.20. The minimum absolute atomic E-state index is 0.500. The lowest BCUT2D eigenvalue weighted by Gasteiger charge is -2.37. The lowest BCUT2D eigenvalue weighted by Crippen LogP contribution is -2.28. The second-order valence-electron chi connectivity index (χ2n) is 7.57. The molecule has 2 aromatic rings. The van der Waals surface area contributed by atoms with E-state index in [9.17, 15) is 0 Å². The Bertz CT molecular complexity index is 750. The van der Waals surface area contributed by atoms with E-state index in [4.69, 9.17) is 4.74 Å². The Balaban J connectivity index is 1.84. The van der Waals surface area contributed by atoms with E-state index in [0.29, 0.717) is 12.0 Å². The highest BCUT2D eigenvalue weighted by Gasteiger charge is 2.45. The monoisotopic (exact) mass is 327 g/mol. The molecule has 4 rings (SSSR count). The van der Waals surface area contributed by atoms with Gasteiger partial charge in [-0.3, -0.25) is 0 Å². The van der Waals surface area contributed by atoms with Crippen molar-refractivity contribution < 1.29 is 4.74 Å². The number of ether oxygens (including phenoxy) is 1. The van der Waals surface area contributed by atoms with Crippen LogP contribution in [-0.4, -0.2) is 31.8 Å². The molecular formula is C20H25NOS. The number of benzene rings is 2. The lowest BCUT2D eigenvalue weighted by molar-refractivity contribution is 0.414. The zero-order valence-corrected chi connectivity index (χ0v) is 15.2. The predicted octanol–water partition coefficient (Wildman–Crippen LogP) is 4.55. The summed E-state index contributed by atoms with van der Waals surface area (Å²) in [4.78, 5) is 2.67. The number of rotatable bonds is 3. The normalized spacial score (nSPS) is 22.5. The van der Waals surface area contributed by atoms with Crippen molar-refractivity contribution in [2.75, 3.05) is 36.7 Å². The number of hydrogen-bond donors (Lipinski definition) is 0.